The average molecular weight is 578 g/mol. The molecular weight excluding hydrogens is 550 g/mol. The van der Waals surface area contributed by atoms with Crippen LogP contribution in [0, 0.1) is 12.3 Å². The summed E-state index contributed by atoms with van der Waals surface area (Å²) in [7, 11) is -4.10. The van der Waals surface area contributed by atoms with E-state index in [0.29, 0.717) is 34.5 Å². The summed E-state index contributed by atoms with van der Waals surface area (Å²) < 4.78 is 29.7. The van der Waals surface area contributed by atoms with Crippen LogP contribution in [0.2, 0.25) is 0 Å². The van der Waals surface area contributed by atoms with Gasteiger partial charge >= 0.3 is 0 Å². The number of rotatable bonds is 9. The Morgan fingerprint density at radius 3 is 2.57 bits per heavy atom. The Hall–Kier alpha value is -5.23. The molecule has 12 heteroatoms. The molecule has 3 heterocycles. The minimum atomic E-state index is -4.10. The first-order chi connectivity index (χ1) is 20.3. The number of sulfonamides is 1. The van der Waals surface area contributed by atoms with Gasteiger partial charge in [-0.3, -0.25) is 19.7 Å². The number of nitrogens with two attached hydrogens (primary N) is 1. The molecule has 3 aromatic carbocycles. The van der Waals surface area contributed by atoms with E-state index in [-0.39, 0.29) is 17.3 Å². The Morgan fingerprint density at radius 2 is 1.81 bits per heavy atom. The fourth-order valence-corrected chi connectivity index (χ4v) is 6.55. The number of nitrogens with one attached hydrogen (secondary N) is 2. The lowest BCUT2D eigenvalue weighted by Crippen LogP contribution is -2.31. The van der Waals surface area contributed by atoms with Gasteiger partial charge in [-0.2, -0.15) is 0 Å². The highest BCUT2D eigenvalue weighted by Crippen LogP contribution is 2.32. The van der Waals surface area contributed by atoms with Crippen molar-refractivity contribution in [2.75, 3.05) is 4.31 Å². The van der Waals surface area contributed by atoms with Crippen LogP contribution in [0.1, 0.15) is 28.2 Å². The minimum Gasteiger partial charge on any atom is -0.384 e. The van der Waals surface area contributed by atoms with Crippen molar-refractivity contribution in [1.82, 2.24) is 30.6 Å². The molecule has 0 bridgehead atoms. The van der Waals surface area contributed by atoms with Crippen LogP contribution in [0.15, 0.2) is 90.0 Å². The normalized spacial score (nSPS) is 11.6. The maximum Gasteiger partial charge on any atom is 0.266 e. The van der Waals surface area contributed by atoms with Crippen molar-refractivity contribution in [3.05, 3.63) is 113 Å². The Bertz CT molecular complexity index is 2020. The van der Waals surface area contributed by atoms with Crippen LogP contribution in [-0.4, -0.2) is 44.8 Å². The molecule has 0 aliphatic carbocycles. The first-order valence-corrected chi connectivity index (χ1v) is 14.7. The van der Waals surface area contributed by atoms with Crippen LogP contribution in [0.4, 0.5) is 5.69 Å². The van der Waals surface area contributed by atoms with E-state index in [0.717, 1.165) is 34.0 Å². The minimum absolute atomic E-state index is 0.0384. The van der Waals surface area contributed by atoms with Crippen molar-refractivity contribution in [2.45, 2.75) is 31.2 Å². The SMILES string of the molecule is Cc1cc(CCc2ccc(C(=N)N)cc2)nc2cc(N(Cc3nnn[nH]3)S(=O)(=O)c3cccc4cccnc34)ccc12. The topological polar surface area (TPSA) is 167 Å². The zero-order valence-electron chi connectivity index (χ0n) is 22.7. The van der Waals surface area contributed by atoms with E-state index in [1.165, 1.54) is 4.31 Å². The number of aromatic amines is 1. The maximum atomic E-state index is 14.2. The number of aryl methyl sites for hydroxylation is 3. The number of fused-ring (bicyclic) bond motifs is 2. The highest BCUT2D eigenvalue weighted by Gasteiger charge is 2.29. The molecular formula is C30H27N9O2S. The average Bonchev–Trinajstić information content (AvgIpc) is 3.52. The van der Waals surface area contributed by atoms with Crippen LogP contribution in [0.3, 0.4) is 0 Å². The summed E-state index contributed by atoms with van der Waals surface area (Å²) >= 11 is 0. The molecule has 210 valence electrons. The number of para-hydroxylation sites is 1. The fraction of sp³-hybridized carbons (Fsp3) is 0.133. The standard InChI is InChI=1S/C30H27N9O2S/c1-19-16-23(12-9-20-7-10-22(11-8-20)30(31)32)34-26-17-24(13-14-25(19)26)39(18-28-35-37-38-36-28)42(40,41)27-6-2-4-21-5-3-15-33-29(21)27/h2-8,10-11,13-17H,9,12,18H2,1H3,(H3,31,32)(H,35,36,37,38). The number of benzene rings is 3. The van der Waals surface area contributed by atoms with Crippen molar-refractivity contribution in [2.24, 2.45) is 5.73 Å². The lowest BCUT2D eigenvalue weighted by atomic mass is 10.0. The Labute approximate surface area is 242 Å². The van der Waals surface area contributed by atoms with Gasteiger partial charge in [-0.15, -0.1) is 5.10 Å². The van der Waals surface area contributed by atoms with E-state index in [1.54, 1.807) is 36.5 Å². The number of anilines is 1. The summed E-state index contributed by atoms with van der Waals surface area (Å²) in [5, 5.41) is 23.1. The van der Waals surface area contributed by atoms with Gasteiger partial charge in [0, 0.05) is 28.2 Å². The van der Waals surface area contributed by atoms with E-state index < -0.39 is 10.0 Å². The van der Waals surface area contributed by atoms with Gasteiger partial charge in [-0.05, 0) is 71.7 Å². The molecule has 6 aromatic rings. The summed E-state index contributed by atoms with van der Waals surface area (Å²) in [4.78, 5) is 9.36. The first-order valence-electron chi connectivity index (χ1n) is 13.2. The summed E-state index contributed by atoms with van der Waals surface area (Å²) in [5.41, 5.74) is 10.8. The van der Waals surface area contributed by atoms with Crippen LogP contribution in [0.5, 0.6) is 0 Å². The van der Waals surface area contributed by atoms with Gasteiger partial charge in [0.25, 0.3) is 10.0 Å². The quantitative estimate of drug-likeness (QED) is 0.171. The highest BCUT2D eigenvalue weighted by molar-refractivity contribution is 7.93. The monoisotopic (exact) mass is 577 g/mol. The van der Waals surface area contributed by atoms with Gasteiger partial charge in [0.05, 0.1) is 23.3 Å². The Morgan fingerprint density at radius 1 is 1.00 bits per heavy atom. The molecule has 0 aliphatic rings. The van der Waals surface area contributed by atoms with Crippen molar-refractivity contribution in [3.63, 3.8) is 0 Å². The number of aromatic nitrogens is 6. The third-order valence-corrected chi connectivity index (χ3v) is 8.93. The largest absolute Gasteiger partial charge is 0.384 e. The van der Waals surface area contributed by atoms with E-state index in [9.17, 15) is 8.42 Å². The number of pyridine rings is 2. The number of amidine groups is 1. The molecule has 4 N–H and O–H groups in total. The predicted octanol–water partition coefficient (Wildman–Crippen LogP) is 4.07. The molecule has 3 aromatic heterocycles. The highest BCUT2D eigenvalue weighted by atomic mass is 32.2. The van der Waals surface area contributed by atoms with Crippen LogP contribution in [-0.2, 0) is 29.4 Å². The van der Waals surface area contributed by atoms with Crippen molar-refractivity contribution in [1.29, 1.82) is 5.41 Å². The van der Waals surface area contributed by atoms with Crippen LogP contribution < -0.4 is 10.0 Å². The van der Waals surface area contributed by atoms with Gasteiger partial charge in [-0.1, -0.05) is 48.5 Å². The van der Waals surface area contributed by atoms with E-state index in [4.69, 9.17) is 16.1 Å². The molecule has 0 atom stereocenters. The second-order valence-electron chi connectivity index (χ2n) is 9.93. The summed E-state index contributed by atoms with van der Waals surface area (Å²) in [6, 6.07) is 23.8. The molecule has 0 spiro atoms. The third kappa shape index (κ3) is 5.27. The van der Waals surface area contributed by atoms with Gasteiger partial charge < -0.3 is 5.73 Å². The second kappa shape index (κ2) is 11.0. The summed E-state index contributed by atoms with van der Waals surface area (Å²) in [5.74, 6) is 0.331. The molecule has 42 heavy (non-hydrogen) atoms. The van der Waals surface area contributed by atoms with E-state index >= 15 is 0 Å². The molecule has 11 nitrogen and oxygen atoms in total. The summed E-state index contributed by atoms with van der Waals surface area (Å²) in [6.45, 7) is 1.91. The zero-order chi connectivity index (χ0) is 29.3. The van der Waals surface area contributed by atoms with Crippen LogP contribution >= 0.6 is 0 Å². The van der Waals surface area contributed by atoms with Gasteiger partial charge in [0.1, 0.15) is 10.7 Å². The summed E-state index contributed by atoms with van der Waals surface area (Å²) in [6.07, 6.45) is 3.02. The number of hydrogen-bond acceptors (Lipinski definition) is 8. The van der Waals surface area contributed by atoms with Crippen molar-refractivity contribution >= 4 is 43.4 Å². The second-order valence-corrected chi connectivity index (χ2v) is 11.8. The number of nitrogens with zero attached hydrogens (tertiary/aromatic N) is 6. The molecule has 0 aliphatic heterocycles. The number of nitrogen functional groups attached to an aromatic ring is 1. The molecule has 6 rings (SSSR count). The van der Waals surface area contributed by atoms with Crippen LogP contribution in [0.25, 0.3) is 21.8 Å². The zero-order valence-corrected chi connectivity index (χ0v) is 23.5. The molecule has 0 saturated heterocycles. The maximum absolute atomic E-state index is 14.2. The number of hydrogen-bond donors (Lipinski definition) is 3. The molecule has 0 amide bonds. The number of tetrazole rings is 1. The number of H-pyrrole nitrogens is 1. The molecule has 0 saturated carbocycles. The van der Waals surface area contributed by atoms with E-state index in [2.05, 4.69) is 31.7 Å². The van der Waals surface area contributed by atoms with Gasteiger partial charge in [0.15, 0.2) is 5.82 Å². The predicted molar refractivity (Wildman–Crippen MR) is 161 cm³/mol. The third-order valence-electron chi connectivity index (χ3n) is 7.12. The molecule has 0 radical (unpaired) electrons. The smallest absolute Gasteiger partial charge is 0.266 e. The van der Waals surface area contributed by atoms with Crippen molar-refractivity contribution < 1.29 is 8.42 Å². The fourth-order valence-electron chi connectivity index (χ4n) is 4.97. The Balaban J connectivity index is 1.38. The van der Waals surface area contributed by atoms with Gasteiger partial charge in [0.2, 0.25) is 0 Å². The van der Waals surface area contributed by atoms with Crippen molar-refractivity contribution in [3.8, 4) is 0 Å². The lowest BCUT2D eigenvalue weighted by Gasteiger charge is -2.24. The van der Waals surface area contributed by atoms with E-state index in [1.807, 2.05) is 49.4 Å². The molecule has 0 unspecified atom stereocenters. The first kappa shape index (κ1) is 27.0. The lowest BCUT2D eigenvalue weighted by molar-refractivity contribution is 0.590. The molecule has 0 fully saturated rings. The van der Waals surface area contributed by atoms with Gasteiger partial charge in [-0.25, -0.2) is 13.5 Å². The Kier molecular flexibility index (Phi) is 7.05.